The molecule has 0 amide bonds. The number of aromatic nitrogens is 1. The third kappa shape index (κ3) is 3.29. The molecule has 1 aromatic heterocycles. The summed E-state index contributed by atoms with van der Waals surface area (Å²) in [5.74, 6) is -0.245. The van der Waals surface area contributed by atoms with Gasteiger partial charge in [-0.3, -0.25) is 4.79 Å². The molecule has 0 unspecified atom stereocenters. The van der Waals surface area contributed by atoms with Crippen molar-refractivity contribution in [2.45, 2.75) is 13.3 Å². The maximum Gasteiger partial charge on any atom is 0.307 e. The molecule has 0 atom stereocenters. The summed E-state index contributed by atoms with van der Waals surface area (Å²) in [5.41, 5.74) is 1.62. The van der Waals surface area contributed by atoms with Gasteiger partial charge in [0.25, 0.3) is 5.19 Å². The minimum Gasteiger partial charge on any atom is -0.481 e. The van der Waals surface area contributed by atoms with E-state index < -0.39 is 5.97 Å². The average Bonchev–Trinajstić information content (AvgIpc) is 2.63. The smallest absolute Gasteiger partial charge is 0.307 e. The minimum atomic E-state index is -0.854. The predicted molar refractivity (Wildman–Crippen MR) is 64.7 cm³/mol. The standard InChI is InChI=1S/C12H11NO3S/c1-8-7-17-12(13-8)16-10-4-2-3-9(5-10)6-11(14)15/h2-5,7H,6H2,1H3,(H,14,15). The lowest BCUT2D eigenvalue weighted by atomic mass is 10.1. The van der Waals surface area contributed by atoms with Gasteiger partial charge in [0, 0.05) is 5.38 Å². The molecule has 17 heavy (non-hydrogen) atoms. The Morgan fingerprint density at radius 1 is 1.53 bits per heavy atom. The van der Waals surface area contributed by atoms with Crippen LogP contribution in [0.3, 0.4) is 0 Å². The van der Waals surface area contributed by atoms with E-state index in [-0.39, 0.29) is 6.42 Å². The maximum atomic E-state index is 10.6. The Bertz CT molecular complexity index is 536. The zero-order valence-electron chi connectivity index (χ0n) is 9.21. The van der Waals surface area contributed by atoms with Crippen molar-refractivity contribution in [2.75, 3.05) is 0 Å². The van der Waals surface area contributed by atoms with E-state index in [0.29, 0.717) is 16.5 Å². The molecule has 0 saturated carbocycles. The Morgan fingerprint density at radius 3 is 3.00 bits per heavy atom. The van der Waals surface area contributed by atoms with Crippen LogP contribution in [0.2, 0.25) is 0 Å². The third-order valence-corrected chi connectivity index (χ3v) is 2.89. The fraction of sp³-hybridized carbons (Fsp3) is 0.167. The Kier molecular flexibility index (Phi) is 3.39. The van der Waals surface area contributed by atoms with E-state index in [1.54, 1.807) is 24.3 Å². The van der Waals surface area contributed by atoms with Crippen LogP contribution in [0.4, 0.5) is 0 Å². The highest BCUT2D eigenvalue weighted by Crippen LogP contribution is 2.25. The Balaban J connectivity index is 2.13. The molecular weight excluding hydrogens is 238 g/mol. The second-order valence-electron chi connectivity index (χ2n) is 3.57. The minimum absolute atomic E-state index is 0.00586. The van der Waals surface area contributed by atoms with E-state index in [2.05, 4.69) is 4.98 Å². The second-order valence-corrected chi connectivity index (χ2v) is 4.40. The molecule has 0 aliphatic rings. The highest BCUT2D eigenvalue weighted by molar-refractivity contribution is 7.11. The summed E-state index contributed by atoms with van der Waals surface area (Å²) in [7, 11) is 0. The fourth-order valence-corrected chi connectivity index (χ4v) is 2.04. The molecule has 0 radical (unpaired) electrons. The molecule has 0 aliphatic carbocycles. The first-order valence-electron chi connectivity index (χ1n) is 5.04. The first kappa shape index (κ1) is 11.6. The van der Waals surface area contributed by atoms with Gasteiger partial charge in [-0.1, -0.05) is 23.5 Å². The van der Waals surface area contributed by atoms with Crippen molar-refractivity contribution in [2.24, 2.45) is 0 Å². The molecule has 0 spiro atoms. The number of carboxylic acid groups (broad SMARTS) is 1. The first-order valence-corrected chi connectivity index (χ1v) is 5.92. The third-order valence-electron chi connectivity index (χ3n) is 2.06. The molecule has 1 N–H and O–H groups in total. The lowest BCUT2D eigenvalue weighted by Crippen LogP contribution is -1.99. The summed E-state index contributed by atoms with van der Waals surface area (Å²) in [6.45, 7) is 1.89. The summed E-state index contributed by atoms with van der Waals surface area (Å²) in [4.78, 5) is 14.8. The van der Waals surface area contributed by atoms with Crippen LogP contribution in [0.1, 0.15) is 11.3 Å². The van der Waals surface area contributed by atoms with Crippen LogP contribution >= 0.6 is 11.3 Å². The van der Waals surface area contributed by atoms with Gasteiger partial charge < -0.3 is 9.84 Å². The maximum absolute atomic E-state index is 10.6. The summed E-state index contributed by atoms with van der Waals surface area (Å²) < 4.78 is 5.54. The van der Waals surface area contributed by atoms with Crippen molar-refractivity contribution in [3.05, 3.63) is 40.9 Å². The van der Waals surface area contributed by atoms with Crippen molar-refractivity contribution < 1.29 is 14.6 Å². The number of carboxylic acids is 1. The average molecular weight is 249 g/mol. The van der Waals surface area contributed by atoms with Crippen molar-refractivity contribution in [1.29, 1.82) is 0 Å². The van der Waals surface area contributed by atoms with Gasteiger partial charge in [0.1, 0.15) is 5.75 Å². The number of ether oxygens (including phenoxy) is 1. The molecule has 2 rings (SSSR count). The molecule has 88 valence electrons. The van der Waals surface area contributed by atoms with E-state index in [0.717, 1.165) is 5.69 Å². The number of aryl methyl sites for hydroxylation is 1. The van der Waals surface area contributed by atoms with Gasteiger partial charge in [-0.25, -0.2) is 4.98 Å². The van der Waals surface area contributed by atoms with Crippen LogP contribution in [-0.2, 0) is 11.2 Å². The number of aliphatic carboxylic acids is 1. The van der Waals surface area contributed by atoms with Crippen molar-refractivity contribution in [1.82, 2.24) is 4.98 Å². The largest absolute Gasteiger partial charge is 0.481 e. The molecule has 0 bridgehead atoms. The molecule has 2 aromatic rings. The van der Waals surface area contributed by atoms with E-state index in [1.807, 2.05) is 12.3 Å². The van der Waals surface area contributed by atoms with Gasteiger partial charge in [0.05, 0.1) is 12.1 Å². The van der Waals surface area contributed by atoms with Gasteiger partial charge in [-0.2, -0.15) is 0 Å². The summed E-state index contributed by atoms with van der Waals surface area (Å²) in [6.07, 6.45) is -0.00586. The number of thiazole rings is 1. The Morgan fingerprint density at radius 2 is 2.35 bits per heavy atom. The van der Waals surface area contributed by atoms with Crippen molar-refractivity contribution in [3.63, 3.8) is 0 Å². The summed E-state index contributed by atoms with van der Waals surface area (Å²) in [5, 5.41) is 11.2. The van der Waals surface area contributed by atoms with Crippen LogP contribution in [-0.4, -0.2) is 16.1 Å². The monoisotopic (exact) mass is 249 g/mol. The molecular formula is C12H11NO3S. The molecule has 0 fully saturated rings. The quantitative estimate of drug-likeness (QED) is 0.905. The molecule has 1 heterocycles. The van der Waals surface area contributed by atoms with Gasteiger partial charge in [0.2, 0.25) is 0 Å². The molecule has 1 aromatic carbocycles. The topological polar surface area (TPSA) is 59.4 Å². The van der Waals surface area contributed by atoms with E-state index in [4.69, 9.17) is 9.84 Å². The summed E-state index contributed by atoms with van der Waals surface area (Å²) >= 11 is 1.41. The van der Waals surface area contributed by atoms with Gasteiger partial charge in [0.15, 0.2) is 0 Å². The van der Waals surface area contributed by atoms with Gasteiger partial charge in [-0.15, -0.1) is 0 Å². The van der Waals surface area contributed by atoms with E-state index in [9.17, 15) is 4.79 Å². The number of nitrogens with zero attached hydrogens (tertiary/aromatic N) is 1. The van der Waals surface area contributed by atoms with Gasteiger partial charge >= 0.3 is 5.97 Å². The highest BCUT2D eigenvalue weighted by atomic mass is 32.1. The lowest BCUT2D eigenvalue weighted by molar-refractivity contribution is -0.136. The fourth-order valence-electron chi connectivity index (χ4n) is 1.37. The first-order chi connectivity index (χ1) is 8.13. The van der Waals surface area contributed by atoms with Gasteiger partial charge in [-0.05, 0) is 24.6 Å². The van der Waals surface area contributed by atoms with Crippen molar-refractivity contribution in [3.8, 4) is 10.9 Å². The summed E-state index contributed by atoms with van der Waals surface area (Å²) in [6, 6.07) is 7.02. The zero-order chi connectivity index (χ0) is 12.3. The SMILES string of the molecule is Cc1csc(Oc2cccc(CC(=O)O)c2)n1. The van der Waals surface area contributed by atoms with Crippen LogP contribution < -0.4 is 4.74 Å². The van der Waals surface area contributed by atoms with Crippen LogP contribution in [0.5, 0.6) is 10.9 Å². The molecule has 0 saturated heterocycles. The number of benzene rings is 1. The van der Waals surface area contributed by atoms with Crippen molar-refractivity contribution >= 4 is 17.3 Å². The second kappa shape index (κ2) is 4.97. The highest BCUT2D eigenvalue weighted by Gasteiger charge is 2.04. The number of rotatable bonds is 4. The number of hydrogen-bond acceptors (Lipinski definition) is 4. The number of carbonyl (C=O) groups is 1. The van der Waals surface area contributed by atoms with E-state index in [1.165, 1.54) is 11.3 Å². The zero-order valence-corrected chi connectivity index (χ0v) is 10.0. The molecule has 4 nitrogen and oxygen atoms in total. The number of hydrogen-bond donors (Lipinski definition) is 1. The Labute approximate surface area is 103 Å². The van der Waals surface area contributed by atoms with Crippen LogP contribution in [0, 0.1) is 6.92 Å². The molecule has 5 heteroatoms. The molecule has 0 aliphatic heterocycles. The lowest BCUT2D eigenvalue weighted by Gasteiger charge is -2.03. The predicted octanol–water partition coefficient (Wildman–Crippen LogP) is 2.87. The Hall–Kier alpha value is -1.88. The normalized spacial score (nSPS) is 10.2. The van der Waals surface area contributed by atoms with Crippen LogP contribution in [0.25, 0.3) is 0 Å². The van der Waals surface area contributed by atoms with E-state index >= 15 is 0 Å². The van der Waals surface area contributed by atoms with Crippen LogP contribution in [0.15, 0.2) is 29.6 Å².